The summed E-state index contributed by atoms with van der Waals surface area (Å²) in [6, 6.07) is 9.09. The first-order valence-electron chi connectivity index (χ1n) is 7.37. The zero-order valence-corrected chi connectivity index (χ0v) is 13.1. The highest BCUT2D eigenvalue weighted by Gasteiger charge is 2.14. The Morgan fingerprint density at radius 2 is 2.00 bits per heavy atom. The van der Waals surface area contributed by atoms with Crippen molar-refractivity contribution < 1.29 is 0 Å². The number of nitrogens with one attached hydrogen (secondary N) is 1. The Morgan fingerprint density at radius 1 is 1.30 bits per heavy atom. The summed E-state index contributed by atoms with van der Waals surface area (Å²) in [5.41, 5.74) is 2.64. The molecule has 1 aliphatic rings. The molecule has 1 aromatic rings. The average Bonchev–Trinajstić information content (AvgIpc) is 2.98. The molecule has 1 saturated heterocycles. The van der Waals surface area contributed by atoms with Crippen LogP contribution in [0, 0.1) is 0 Å². The van der Waals surface area contributed by atoms with Gasteiger partial charge in [-0.15, -0.1) is 0 Å². The van der Waals surface area contributed by atoms with Gasteiger partial charge in [0, 0.05) is 39.9 Å². The summed E-state index contributed by atoms with van der Waals surface area (Å²) in [6.45, 7) is 4.55. The summed E-state index contributed by atoms with van der Waals surface area (Å²) in [7, 11) is 5.82. The first kappa shape index (κ1) is 14.7. The van der Waals surface area contributed by atoms with E-state index >= 15 is 0 Å². The third kappa shape index (κ3) is 3.44. The minimum absolute atomic E-state index is 0.249. The lowest BCUT2D eigenvalue weighted by molar-refractivity contribution is 0.557. The van der Waals surface area contributed by atoms with E-state index < -0.39 is 0 Å². The Kier molecular flexibility index (Phi) is 4.88. The van der Waals surface area contributed by atoms with Crippen LogP contribution in [0.5, 0.6) is 0 Å². The van der Waals surface area contributed by atoms with Crippen molar-refractivity contribution in [2.45, 2.75) is 25.8 Å². The standard InChI is InChI=1S/C16H26N4/c1-13(18-16(17-2)19(3)4)14-8-7-9-15(12-14)20-10-5-6-11-20/h7-9,12-13H,5-6,10-11H2,1-4H3,(H,17,18). The van der Waals surface area contributed by atoms with Crippen molar-refractivity contribution >= 4 is 11.6 Å². The highest BCUT2D eigenvalue weighted by atomic mass is 15.3. The van der Waals surface area contributed by atoms with Crippen LogP contribution in [0.2, 0.25) is 0 Å². The normalized spacial score (nSPS) is 17.2. The summed E-state index contributed by atoms with van der Waals surface area (Å²) in [5.74, 6) is 0.907. The predicted octanol–water partition coefficient (Wildman–Crippen LogP) is 2.48. The molecule has 0 aromatic heterocycles. The maximum atomic E-state index is 4.27. The van der Waals surface area contributed by atoms with Crippen LogP contribution < -0.4 is 10.2 Å². The fourth-order valence-electron chi connectivity index (χ4n) is 2.64. The lowest BCUT2D eigenvalue weighted by atomic mass is 10.1. The minimum atomic E-state index is 0.249. The Balaban J connectivity index is 2.09. The van der Waals surface area contributed by atoms with Gasteiger partial charge >= 0.3 is 0 Å². The molecular weight excluding hydrogens is 248 g/mol. The van der Waals surface area contributed by atoms with Crippen molar-refractivity contribution in [1.82, 2.24) is 10.2 Å². The second kappa shape index (κ2) is 6.64. The summed E-state index contributed by atoms with van der Waals surface area (Å²) < 4.78 is 0. The Morgan fingerprint density at radius 3 is 2.60 bits per heavy atom. The van der Waals surface area contributed by atoms with E-state index in [9.17, 15) is 0 Å². The summed E-state index contributed by atoms with van der Waals surface area (Å²) in [6.07, 6.45) is 2.62. The highest BCUT2D eigenvalue weighted by Crippen LogP contribution is 2.23. The molecular formula is C16H26N4. The zero-order chi connectivity index (χ0) is 14.5. The lowest BCUT2D eigenvalue weighted by Crippen LogP contribution is -2.37. The van der Waals surface area contributed by atoms with Gasteiger partial charge in [-0.1, -0.05) is 12.1 Å². The minimum Gasteiger partial charge on any atom is -0.372 e. The third-order valence-electron chi connectivity index (χ3n) is 3.82. The van der Waals surface area contributed by atoms with Crippen LogP contribution in [-0.2, 0) is 0 Å². The quantitative estimate of drug-likeness (QED) is 0.678. The SMILES string of the molecule is CN=C(NC(C)c1cccc(N2CCCC2)c1)N(C)C. The second-order valence-electron chi connectivity index (χ2n) is 5.60. The molecule has 1 N–H and O–H groups in total. The number of aliphatic imine (C=N–C) groups is 1. The first-order chi connectivity index (χ1) is 9.61. The van der Waals surface area contributed by atoms with Crippen LogP contribution in [0.3, 0.4) is 0 Å². The van der Waals surface area contributed by atoms with Gasteiger partial charge in [0.2, 0.25) is 0 Å². The molecule has 1 aromatic carbocycles. The van der Waals surface area contributed by atoms with E-state index in [-0.39, 0.29) is 6.04 Å². The maximum Gasteiger partial charge on any atom is 0.193 e. The lowest BCUT2D eigenvalue weighted by Gasteiger charge is -2.24. The molecule has 1 aliphatic heterocycles. The molecule has 0 spiro atoms. The smallest absolute Gasteiger partial charge is 0.193 e. The van der Waals surface area contributed by atoms with Gasteiger partial charge in [-0.25, -0.2) is 0 Å². The van der Waals surface area contributed by atoms with Crippen molar-refractivity contribution in [3.63, 3.8) is 0 Å². The van der Waals surface area contributed by atoms with Crippen LogP contribution in [0.1, 0.15) is 31.4 Å². The molecule has 0 aliphatic carbocycles. The molecule has 1 atom stereocenters. The van der Waals surface area contributed by atoms with Gasteiger partial charge < -0.3 is 15.1 Å². The van der Waals surface area contributed by atoms with Crippen LogP contribution in [0.4, 0.5) is 5.69 Å². The van der Waals surface area contributed by atoms with Gasteiger partial charge in [0.1, 0.15) is 0 Å². The fourth-order valence-corrected chi connectivity index (χ4v) is 2.64. The van der Waals surface area contributed by atoms with E-state index in [2.05, 4.69) is 46.4 Å². The number of guanidine groups is 1. The van der Waals surface area contributed by atoms with E-state index in [0.29, 0.717) is 0 Å². The molecule has 0 saturated carbocycles. The van der Waals surface area contributed by atoms with Gasteiger partial charge in [0.05, 0.1) is 6.04 Å². The molecule has 20 heavy (non-hydrogen) atoms. The van der Waals surface area contributed by atoms with Crippen molar-refractivity contribution in [3.8, 4) is 0 Å². The monoisotopic (exact) mass is 274 g/mol. The molecule has 0 bridgehead atoms. The van der Waals surface area contributed by atoms with Gasteiger partial charge in [-0.05, 0) is 37.5 Å². The second-order valence-corrected chi connectivity index (χ2v) is 5.60. The molecule has 0 amide bonds. The molecule has 4 heteroatoms. The van der Waals surface area contributed by atoms with Gasteiger partial charge in [0.15, 0.2) is 5.96 Å². The topological polar surface area (TPSA) is 30.9 Å². The van der Waals surface area contributed by atoms with Gasteiger partial charge in [0.25, 0.3) is 0 Å². The number of nitrogens with zero attached hydrogens (tertiary/aromatic N) is 3. The largest absolute Gasteiger partial charge is 0.372 e. The number of benzene rings is 1. The van der Waals surface area contributed by atoms with E-state index in [1.165, 1.54) is 37.2 Å². The molecule has 1 unspecified atom stereocenters. The Hall–Kier alpha value is -1.71. The number of hydrogen-bond acceptors (Lipinski definition) is 2. The Labute approximate surface area is 122 Å². The van der Waals surface area contributed by atoms with E-state index in [4.69, 9.17) is 0 Å². The van der Waals surface area contributed by atoms with Crippen LogP contribution >= 0.6 is 0 Å². The highest BCUT2D eigenvalue weighted by molar-refractivity contribution is 5.79. The van der Waals surface area contributed by atoms with Crippen molar-refractivity contribution in [1.29, 1.82) is 0 Å². The average molecular weight is 274 g/mol. The summed E-state index contributed by atoms with van der Waals surface area (Å²) in [4.78, 5) is 8.74. The van der Waals surface area contributed by atoms with Crippen LogP contribution in [0.15, 0.2) is 29.3 Å². The van der Waals surface area contributed by atoms with E-state index in [0.717, 1.165) is 5.96 Å². The number of anilines is 1. The van der Waals surface area contributed by atoms with Crippen LogP contribution in [-0.4, -0.2) is 45.1 Å². The molecule has 2 rings (SSSR count). The van der Waals surface area contributed by atoms with Gasteiger partial charge in [-0.2, -0.15) is 0 Å². The van der Waals surface area contributed by atoms with Gasteiger partial charge in [-0.3, -0.25) is 4.99 Å². The van der Waals surface area contributed by atoms with Crippen molar-refractivity contribution in [2.75, 3.05) is 39.1 Å². The Bertz CT molecular complexity index is 461. The van der Waals surface area contributed by atoms with Crippen molar-refractivity contribution in [2.24, 2.45) is 4.99 Å². The first-order valence-corrected chi connectivity index (χ1v) is 7.37. The van der Waals surface area contributed by atoms with Crippen molar-refractivity contribution in [3.05, 3.63) is 29.8 Å². The zero-order valence-electron chi connectivity index (χ0n) is 13.1. The number of hydrogen-bond donors (Lipinski definition) is 1. The summed E-state index contributed by atoms with van der Waals surface area (Å²) in [5, 5.41) is 3.46. The molecule has 0 radical (unpaired) electrons. The molecule has 1 fully saturated rings. The predicted molar refractivity (Wildman–Crippen MR) is 86.5 cm³/mol. The molecule has 4 nitrogen and oxygen atoms in total. The van der Waals surface area contributed by atoms with Crippen LogP contribution in [0.25, 0.3) is 0 Å². The molecule has 110 valence electrons. The van der Waals surface area contributed by atoms with E-state index in [1.807, 2.05) is 26.0 Å². The van der Waals surface area contributed by atoms with E-state index in [1.54, 1.807) is 0 Å². The molecule has 1 heterocycles. The maximum absolute atomic E-state index is 4.27. The summed E-state index contributed by atoms with van der Waals surface area (Å²) >= 11 is 0. The third-order valence-corrected chi connectivity index (χ3v) is 3.82. The number of rotatable bonds is 3. The fraction of sp³-hybridized carbons (Fsp3) is 0.562.